The Bertz CT molecular complexity index is 767. The molecule has 1 aliphatic heterocycles. The van der Waals surface area contributed by atoms with E-state index in [1.165, 1.54) is 0 Å². The maximum Gasteiger partial charge on any atom is 0.273 e. The zero-order valence-electron chi connectivity index (χ0n) is 14.9. The highest BCUT2D eigenvalue weighted by Crippen LogP contribution is 2.17. The Hall–Kier alpha value is -2.74. The van der Waals surface area contributed by atoms with Crippen LogP contribution >= 0.6 is 0 Å². The third-order valence-corrected chi connectivity index (χ3v) is 4.45. The molecular formula is C18H24N6O2. The van der Waals surface area contributed by atoms with Crippen molar-refractivity contribution in [3.05, 3.63) is 41.7 Å². The molecule has 1 aromatic heterocycles. The third kappa shape index (κ3) is 4.66. The van der Waals surface area contributed by atoms with Crippen molar-refractivity contribution >= 4 is 17.5 Å². The van der Waals surface area contributed by atoms with Crippen LogP contribution in [0.4, 0.5) is 5.69 Å². The minimum absolute atomic E-state index is 0.116. The highest BCUT2D eigenvalue weighted by molar-refractivity contribution is 5.98. The zero-order valence-corrected chi connectivity index (χ0v) is 14.9. The maximum atomic E-state index is 12.2. The first-order chi connectivity index (χ1) is 12.7. The number of aryl methyl sites for hydroxylation is 1. The number of benzene rings is 1. The second-order valence-corrected chi connectivity index (χ2v) is 6.35. The molecule has 3 rings (SSSR count). The predicted octanol–water partition coefficient (Wildman–Crippen LogP) is 1.13. The number of carbonyl (C=O) groups is 2. The summed E-state index contributed by atoms with van der Waals surface area (Å²) in [6.45, 7) is 3.81. The Morgan fingerprint density at radius 3 is 2.88 bits per heavy atom. The van der Waals surface area contributed by atoms with E-state index in [0.717, 1.165) is 43.6 Å². The molecule has 2 heterocycles. The Labute approximate surface area is 152 Å². The van der Waals surface area contributed by atoms with Gasteiger partial charge in [0.15, 0.2) is 5.69 Å². The summed E-state index contributed by atoms with van der Waals surface area (Å²) >= 11 is 0. The monoisotopic (exact) mass is 356 g/mol. The van der Waals surface area contributed by atoms with Gasteiger partial charge >= 0.3 is 0 Å². The largest absolute Gasteiger partial charge is 0.342 e. The van der Waals surface area contributed by atoms with E-state index >= 15 is 0 Å². The molecule has 138 valence electrons. The minimum Gasteiger partial charge on any atom is -0.342 e. The van der Waals surface area contributed by atoms with E-state index in [9.17, 15) is 9.59 Å². The quantitative estimate of drug-likeness (QED) is 0.720. The van der Waals surface area contributed by atoms with Crippen LogP contribution < -0.4 is 16.0 Å². The molecule has 26 heavy (non-hydrogen) atoms. The molecule has 0 radical (unpaired) electrons. The molecule has 1 aliphatic rings. The van der Waals surface area contributed by atoms with Crippen molar-refractivity contribution in [2.75, 3.05) is 25.0 Å². The number of anilines is 1. The molecule has 1 aromatic carbocycles. The number of amides is 2. The molecule has 0 atom stereocenters. The standard InChI is InChI=1S/C18H24N6O2/c1-2-13-4-3-5-14(10-13)21-17(25)11-20-18(26)16-12-24(23-22-16)15-6-8-19-9-7-15/h3-5,10,12,15,19H,2,6-9,11H2,1H3,(H,20,26)(H,21,25). The maximum absolute atomic E-state index is 12.2. The number of piperidine rings is 1. The van der Waals surface area contributed by atoms with Crippen LogP contribution in [-0.4, -0.2) is 46.4 Å². The van der Waals surface area contributed by atoms with Gasteiger partial charge < -0.3 is 16.0 Å². The number of aromatic nitrogens is 3. The summed E-state index contributed by atoms with van der Waals surface area (Å²) in [5.41, 5.74) is 2.09. The van der Waals surface area contributed by atoms with Crippen molar-refractivity contribution in [1.29, 1.82) is 0 Å². The van der Waals surface area contributed by atoms with E-state index in [1.807, 2.05) is 24.3 Å². The lowest BCUT2D eigenvalue weighted by atomic mass is 10.1. The van der Waals surface area contributed by atoms with Crippen LogP contribution in [-0.2, 0) is 11.2 Å². The van der Waals surface area contributed by atoms with Gasteiger partial charge in [0.2, 0.25) is 5.91 Å². The van der Waals surface area contributed by atoms with Crippen molar-refractivity contribution in [1.82, 2.24) is 25.6 Å². The van der Waals surface area contributed by atoms with Crippen LogP contribution in [0.1, 0.15) is 41.9 Å². The fraction of sp³-hybridized carbons (Fsp3) is 0.444. The number of rotatable bonds is 6. The Balaban J connectivity index is 1.50. The summed E-state index contributed by atoms with van der Waals surface area (Å²) in [6, 6.07) is 7.91. The van der Waals surface area contributed by atoms with E-state index in [-0.39, 0.29) is 24.2 Å². The van der Waals surface area contributed by atoms with Gasteiger partial charge in [-0.05, 0) is 50.0 Å². The van der Waals surface area contributed by atoms with Crippen molar-refractivity contribution in [2.45, 2.75) is 32.2 Å². The van der Waals surface area contributed by atoms with Gasteiger partial charge in [-0.3, -0.25) is 9.59 Å². The van der Waals surface area contributed by atoms with E-state index in [1.54, 1.807) is 10.9 Å². The fourth-order valence-corrected chi connectivity index (χ4v) is 2.96. The van der Waals surface area contributed by atoms with Crippen LogP contribution in [0.3, 0.4) is 0 Å². The van der Waals surface area contributed by atoms with Gasteiger partial charge in [-0.15, -0.1) is 5.10 Å². The first kappa shape index (κ1) is 18.1. The molecular weight excluding hydrogens is 332 g/mol. The van der Waals surface area contributed by atoms with Gasteiger partial charge in [0.1, 0.15) is 0 Å². The highest BCUT2D eigenvalue weighted by Gasteiger charge is 2.19. The third-order valence-electron chi connectivity index (χ3n) is 4.45. The summed E-state index contributed by atoms with van der Waals surface area (Å²) in [6.07, 6.45) is 4.47. The molecule has 1 fully saturated rings. The second-order valence-electron chi connectivity index (χ2n) is 6.35. The molecule has 0 unspecified atom stereocenters. The van der Waals surface area contributed by atoms with Gasteiger partial charge in [-0.1, -0.05) is 24.3 Å². The topological polar surface area (TPSA) is 101 Å². The van der Waals surface area contributed by atoms with Crippen LogP contribution in [0.25, 0.3) is 0 Å². The Morgan fingerprint density at radius 1 is 1.31 bits per heavy atom. The number of hydrogen-bond acceptors (Lipinski definition) is 5. The smallest absolute Gasteiger partial charge is 0.273 e. The second kappa shape index (κ2) is 8.57. The van der Waals surface area contributed by atoms with Crippen LogP contribution in [0.15, 0.2) is 30.5 Å². The molecule has 2 amide bonds. The molecule has 0 saturated carbocycles. The van der Waals surface area contributed by atoms with Crippen LogP contribution in [0, 0.1) is 0 Å². The first-order valence-corrected chi connectivity index (χ1v) is 8.95. The Morgan fingerprint density at radius 2 is 2.12 bits per heavy atom. The summed E-state index contributed by atoms with van der Waals surface area (Å²) in [4.78, 5) is 24.2. The molecule has 8 nitrogen and oxygen atoms in total. The number of carbonyl (C=O) groups excluding carboxylic acids is 2. The normalized spacial score (nSPS) is 14.8. The van der Waals surface area contributed by atoms with Gasteiger partial charge in [-0.25, -0.2) is 4.68 Å². The molecule has 2 aromatic rings. The first-order valence-electron chi connectivity index (χ1n) is 8.95. The average Bonchev–Trinajstić information content (AvgIpc) is 3.17. The van der Waals surface area contributed by atoms with Crippen LogP contribution in [0.2, 0.25) is 0 Å². The van der Waals surface area contributed by atoms with Crippen molar-refractivity contribution in [3.8, 4) is 0 Å². The van der Waals surface area contributed by atoms with Crippen molar-refractivity contribution < 1.29 is 9.59 Å². The van der Waals surface area contributed by atoms with Gasteiger partial charge in [0.05, 0.1) is 18.8 Å². The lowest BCUT2D eigenvalue weighted by Crippen LogP contribution is -2.33. The SMILES string of the molecule is CCc1cccc(NC(=O)CNC(=O)c2cn(C3CCNCC3)nn2)c1. The molecule has 0 bridgehead atoms. The van der Waals surface area contributed by atoms with E-state index in [4.69, 9.17) is 0 Å². The van der Waals surface area contributed by atoms with E-state index in [0.29, 0.717) is 0 Å². The minimum atomic E-state index is -0.400. The van der Waals surface area contributed by atoms with E-state index in [2.05, 4.69) is 33.2 Å². The summed E-state index contributed by atoms with van der Waals surface area (Å²) in [5.74, 6) is -0.681. The number of nitrogens with zero attached hydrogens (tertiary/aromatic N) is 3. The average molecular weight is 356 g/mol. The van der Waals surface area contributed by atoms with Crippen molar-refractivity contribution in [2.24, 2.45) is 0 Å². The lowest BCUT2D eigenvalue weighted by Gasteiger charge is -2.22. The molecule has 0 spiro atoms. The summed E-state index contributed by atoms with van der Waals surface area (Å²) in [5, 5.41) is 16.6. The number of hydrogen-bond donors (Lipinski definition) is 3. The molecule has 8 heteroatoms. The Kier molecular flexibility index (Phi) is 5.96. The predicted molar refractivity (Wildman–Crippen MR) is 97.9 cm³/mol. The zero-order chi connectivity index (χ0) is 18.4. The van der Waals surface area contributed by atoms with Gasteiger partial charge in [-0.2, -0.15) is 0 Å². The summed E-state index contributed by atoms with van der Waals surface area (Å²) < 4.78 is 1.74. The lowest BCUT2D eigenvalue weighted by molar-refractivity contribution is -0.115. The van der Waals surface area contributed by atoms with Crippen molar-refractivity contribution in [3.63, 3.8) is 0 Å². The molecule has 3 N–H and O–H groups in total. The van der Waals surface area contributed by atoms with Crippen LogP contribution in [0.5, 0.6) is 0 Å². The van der Waals surface area contributed by atoms with Gasteiger partial charge in [0, 0.05) is 5.69 Å². The highest BCUT2D eigenvalue weighted by atomic mass is 16.2. The van der Waals surface area contributed by atoms with Gasteiger partial charge in [0.25, 0.3) is 5.91 Å². The fourth-order valence-electron chi connectivity index (χ4n) is 2.96. The summed E-state index contributed by atoms with van der Waals surface area (Å²) in [7, 11) is 0. The number of nitrogens with one attached hydrogen (secondary N) is 3. The van der Waals surface area contributed by atoms with E-state index < -0.39 is 5.91 Å². The molecule has 1 saturated heterocycles. The molecule has 0 aliphatic carbocycles.